The number of carbonyl (C=O) groups is 2. The summed E-state index contributed by atoms with van der Waals surface area (Å²) in [7, 11) is 0. The molecule has 1 saturated heterocycles. The molecule has 7 heteroatoms. The zero-order valence-electron chi connectivity index (χ0n) is 17.0. The Bertz CT molecular complexity index is 1120. The molecule has 0 aliphatic carbocycles. The van der Waals surface area contributed by atoms with Crippen molar-refractivity contribution in [3.05, 3.63) is 76.9 Å². The first-order chi connectivity index (χ1) is 14.3. The Morgan fingerprint density at radius 1 is 1.13 bits per heavy atom. The molecule has 0 saturated carbocycles. The molecule has 1 fully saturated rings. The first kappa shape index (κ1) is 19.8. The maximum atomic E-state index is 13.3. The minimum absolute atomic E-state index is 0.0119. The van der Waals surface area contributed by atoms with Crippen LogP contribution in [0.2, 0.25) is 0 Å². The van der Waals surface area contributed by atoms with Gasteiger partial charge in [-0.25, -0.2) is 14.2 Å². The van der Waals surface area contributed by atoms with E-state index in [1.165, 1.54) is 30.5 Å². The zero-order valence-corrected chi connectivity index (χ0v) is 17.0. The minimum atomic E-state index is -1.22. The minimum Gasteiger partial charge on any atom is -0.444 e. The van der Waals surface area contributed by atoms with Crippen LogP contribution < -0.4 is 5.32 Å². The van der Waals surface area contributed by atoms with Gasteiger partial charge in [-0.1, -0.05) is 36.8 Å². The molecule has 0 bridgehead atoms. The highest BCUT2D eigenvalue weighted by Crippen LogP contribution is 2.33. The van der Waals surface area contributed by atoms with Crippen LogP contribution >= 0.6 is 0 Å². The number of nitrogens with zero attached hydrogens (tertiary/aromatic N) is 2. The van der Waals surface area contributed by atoms with Gasteiger partial charge in [0.25, 0.3) is 5.91 Å². The van der Waals surface area contributed by atoms with Crippen molar-refractivity contribution in [3.63, 3.8) is 0 Å². The SMILES string of the molecule is CCC1(c2ccc(F)cc2)NC(=O)N(Cc2coc(-c3ccc(C)cc3C)n2)C1=O. The predicted octanol–water partition coefficient (Wildman–Crippen LogP) is 4.45. The van der Waals surface area contributed by atoms with Gasteiger partial charge in [-0.3, -0.25) is 9.69 Å². The Labute approximate surface area is 173 Å². The molecule has 0 spiro atoms. The van der Waals surface area contributed by atoms with E-state index < -0.39 is 23.3 Å². The molecule has 1 atom stereocenters. The number of benzene rings is 2. The maximum absolute atomic E-state index is 13.3. The van der Waals surface area contributed by atoms with Crippen LogP contribution in [0.5, 0.6) is 0 Å². The molecule has 2 heterocycles. The van der Waals surface area contributed by atoms with Crippen molar-refractivity contribution in [2.24, 2.45) is 0 Å². The van der Waals surface area contributed by atoms with Crippen LogP contribution in [0, 0.1) is 19.7 Å². The fourth-order valence-corrected chi connectivity index (χ4v) is 3.86. The van der Waals surface area contributed by atoms with E-state index in [9.17, 15) is 14.0 Å². The van der Waals surface area contributed by atoms with Gasteiger partial charge in [0.05, 0.1) is 12.2 Å². The average molecular weight is 407 g/mol. The zero-order chi connectivity index (χ0) is 21.5. The van der Waals surface area contributed by atoms with E-state index in [4.69, 9.17) is 4.42 Å². The molecule has 1 aliphatic heterocycles. The molecule has 3 amide bonds. The highest BCUT2D eigenvalue weighted by molar-refractivity contribution is 6.07. The molecule has 1 aromatic heterocycles. The van der Waals surface area contributed by atoms with Crippen molar-refractivity contribution >= 4 is 11.9 Å². The quantitative estimate of drug-likeness (QED) is 0.634. The van der Waals surface area contributed by atoms with Crippen molar-refractivity contribution in [2.45, 2.75) is 39.3 Å². The summed E-state index contributed by atoms with van der Waals surface area (Å²) in [6, 6.07) is 11.0. The van der Waals surface area contributed by atoms with Gasteiger partial charge in [0.15, 0.2) is 0 Å². The standard InChI is InChI=1S/C23H22FN3O3/c1-4-23(16-6-8-17(24)9-7-16)21(28)27(22(29)26-23)12-18-13-30-20(25-18)19-10-5-14(2)11-15(19)3/h5-11,13H,4,12H2,1-3H3,(H,26,29). The van der Waals surface area contributed by atoms with Gasteiger partial charge in [-0.15, -0.1) is 0 Å². The third kappa shape index (κ3) is 3.26. The van der Waals surface area contributed by atoms with E-state index in [-0.39, 0.29) is 6.54 Å². The number of urea groups is 1. The van der Waals surface area contributed by atoms with E-state index in [0.717, 1.165) is 21.6 Å². The molecule has 3 aromatic rings. The molecule has 154 valence electrons. The Morgan fingerprint density at radius 2 is 1.87 bits per heavy atom. The average Bonchev–Trinajstić information content (AvgIpc) is 3.27. The summed E-state index contributed by atoms with van der Waals surface area (Å²) in [5, 5.41) is 2.78. The second-order valence-electron chi connectivity index (χ2n) is 7.55. The van der Waals surface area contributed by atoms with Gasteiger partial charge in [0.1, 0.15) is 17.6 Å². The highest BCUT2D eigenvalue weighted by atomic mass is 19.1. The van der Waals surface area contributed by atoms with Crippen LogP contribution in [0.25, 0.3) is 11.5 Å². The number of hydrogen-bond donors (Lipinski definition) is 1. The fraction of sp³-hybridized carbons (Fsp3) is 0.261. The Morgan fingerprint density at radius 3 is 2.53 bits per heavy atom. The van der Waals surface area contributed by atoms with Crippen LogP contribution in [-0.2, 0) is 16.9 Å². The number of aryl methyl sites for hydroxylation is 2. The lowest BCUT2D eigenvalue weighted by molar-refractivity contribution is -0.132. The summed E-state index contributed by atoms with van der Waals surface area (Å²) in [5.41, 5.74) is 2.82. The molecule has 1 N–H and O–H groups in total. The second-order valence-corrected chi connectivity index (χ2v) is 7.55. The van der Waals surface area contributed by atoms with E-state index >= 15 is 0 Å². The molecule has 1 unspecified atom stereocenters. The monoisotopic (exact) mass is 407 g/mol. The van der Waals surface area contributed by atoms with Gasteiger partial charge in [0, 0.05) is 5.56 Å². The number of aromatic nitrogens is 1. The number of nitrogens with one attached hydrogen (secondary N) is 1. The van der Waals surface area contributed by atoms with E-state index in [1.807, 2.05) is 32.0 Å². The summed E-state index contributed by atoms with van der Waals surface area (Å²) in [6.07, 6.45) is 1.80. The van der Waals surface area contributed by atoms with Gasteiger partial charge < -0.3 is 9.73 Å². The summed E-state index contributed by atoms with van der Waals surface area (Å²) in [4.78, 5) is 31.4. The lowest BCUT2D eigenvalue weighted by Crippen LogP contribution is -2.43. The van der Waals surface area contributed by atoms with Gasteiger partial charge >= 0.3 is 6.03 Å². The van der Waals surface area contributed by atoms with Gasteiger partial charge in [-0.05, 0) is 49.6 Å². The lowest BCUT2D eigenvalue weighted by Gasteiger charge is -2.25. The first-order valence-corrected chi connectivity index (χ1v) is 9.76. The summed E-state index contributed by atoms with van der Waals surface area (Å²) >= 11 is 0. The van der Waals surface area contributed by atoms with Crippen molar-refractivity contribution < 1.29 is 18.4 Å². The van der Waals surface area contributed by atoms with E-state index in [2.05, 4.69) is 10.3 Å². The van der Waals surface area contributed by atoms with Crippen molar-refractivity contribution in [3.8, 4) is 11.5 Å². The molecular formula is C23H22FN3O3. The van der Waals surface area contributed by atoms with Gasteiger partial charge in [-0.2, -0.15) is 0 Å². The van der Waals surface area contributed by atoms with Crippen LogP contribution in [0.1, 0.15) is 35.7 Å². The van der Waals surface area contributed by atoms with Crippen molar-refractivity contribution in [1.29, 1.82) is 0 Å². The largest absolute Gasteiger partial charge is 0.444 e. The number of imide groups is 1. The van der Waals surface area contributed by atoms with Crippen LogP contribution in [-0.4, -0.2) is 21.8 Å². The third-order valence-electron chi connectivity index (χ3n) is 5.53. The first-order valence-electron chi connectivity index (χ1n) is 9.76. The topological polar surface area (TPSA) is 75.4 Å². The predicted molar refractivity (Wildman–Crippen MR) is 109 cm³/mol. The molecule has 6 nitrogen and oxygen atoms in total. The molecule has 30 heavy (non-hydrogen) atoms. The Hall–Kier alpha value is -3.48. The lowest BCUT2D eigenvalue weighted by atomic mass is 9.87. The van der Waals surface area contributed by atoms with Crippen LogP contribution in [0.15, 0.2) is 53.1 Å². The maximum Gasteiger partial charge on any atom is 0.325 e. The number of carbonyl (C=O) groups excluding carboxylic acids is 2. The number of rotatable bonds is 5. The normalized spacial score (nSPS) is 18.7. The number of hydrogen-bond acceptors (Lipinski definition) is 4. The molecule has 4 rings (SSSR count). The number of halogens is 1. The van der Waals surface area contributed by atoms with Gasteiger partial charge in [0.2, 0.25) is 5.89 Å². The fourth-order valence-electron chi connectivity index (χ4n) is 3.86. The highest BCUT2D eigenvalue weighted by Gasteiger charge is 2.51. The summed E-state index contributed by atoms with van der Waals surface area (Å²) in [6.45, 7) is 5.78. The number of amides is 3. The van der Waals surface area contributed by atoms with E-state index in [1.54, 1.807) is 6.92 Å². The Kier molecular flexibility index (Phi) is 4.89. The molecular weight excluding hydrogens is 385 g/mol. The summed E-state index contributed by atoms with van der Waals surface area (Å²) < 4.78 is 18.9. The Balaban J connectivity index is 1.60. The molecule has 1 aliphatic rings. The van der Waals surface area contributed by atoms with Crippen molar-refractivity contribution in [2.75, 3.05) is 0 Å². The smallest absolute Gasteiger partial charge is 0.325 e. The number of oxazole rings is 1. The molecule has 0 radical (unpaired) electrons. The van der Waals surface area contributed by atoms with Crippen LogP contribution in [0.3, 0.4) is 0 Å². The van der Waals surface area contributed by atoms with Crippen molar-refractivity contribution in [1.82, 2.24) is 15.2 Å². The third-order valence-corrected chi connectivity index (χ3v) is 5.53. The van der Waals surface area contributed by atoms with E-state index in [0.29, 0.717) is 23.6 Å². The molecule has 2 aromatic carbocycles. The second kappa shape index (κ2) is 7.40. The van der Waals surface area contributed by atoms with Crippen LogP contribution in [0.4, 0.5) is 9.18 Å². The summed E-state index contributed by atoms with van der Waals surface area (Å²) in [5.74, 6) is -0.354.